The van der Waals surface area contributed by atoms with Crippen LogP contribution in [0.4, 0.5) is 0 Å². The van der Waals surface area contributed by atoms with Crippen LogP contribution in [0.25, 0.3) is 0 Å². The number of hydrogen-bond acceptors (Lipinski definition) is 2. The molecule has 0 aromatic heterocycles. The molecule has 2 rings (SSSR count). The van der Waals surface area contributed by atoms with Gasteiger partial charge in [-0.05, 0) is 30.1 Å². The van der Waals surface area contributed by atoms with Crippen molar-refractivity contribution in [2.45, 2.75) is 78.9 Å². The first-order valence-corrected chi connectivity index (χ1v) is 8.40. The van der Waals surface area contributed by atoms with E-state index in [-0.39, 0.29) is 12.2 Å². The van der Waals surface area contributed by atoms with Crippen molar-refractivity contribution < 1.29 is 4.79 Å². The molecule has 0 spiro atoms. The van der Waals surface area contributed by atoms with Gasteiger partial charge in [0.15, 0.2) is 0 Å². The molecule has 1 saturated carbocycles. The maximum Gasteiger partial charge on any atom is 0.241 e. The standard InChI is InChI=1S/C17H32N2O/c1-12(2)14-16(20)19(15(18-14)13(3)4)11-17(5)9-7-6-8-10-17/h12-15,18H,6-11H2,1-5H3. The predicted octanol–water partition coefficient (Wildman–Crippen LogP) is 3.40. The quantitative estimate of drug-likeness (QED) is 0.856. The molecule has 3 heteroatoms. The van der Waals surface area contributed by atoms with Crippen molar-refractivity contribution in [2.24, 2.45) is 17.3 Å². The first-order chi connectivity index (χ1) is 9.34. The second kappa shape index (κ2) is 6.05. The first-order valence-electron chi connectivity index (χ1n) is 8.40. The summed E-state index contributed by atoms with van der Waals surface area (Å²) in [4.78, 5) is 14.9. The first kappa shape index (κ1) is 15.8. The van der Waals surface area contributed by atoms with Gasteiger partial charge < -0.3 is 4.90 Å². The SMILES string of the molecule is CC(C)C1NC(C(C)C)N(CC2(C)CCCCC2)C1=O. The molecule has 1 aliphatic heterocycles. The molecule has 2 atom stereocenters. The molecule has 2 fully saturated rings. The third-order valence-corrected chi connectivity index (χ3v) is 5.15. The fourth-order valence-corrected chi connectivity index (χ4v) is 3.84. The summed E-state index contributed by atoms with van der Waals surface area (Å²) in [6.07, 6.45) is 6.78. The summed E-state index contributed by atoms with van der Waals surface area (Å²) in [5.41, 5.74) is 0.328. The van der Waals surface area contributed by atoms with Gasteiger partial charge in [-0.15, -0.1) is 0 Å². The summed E-state index contributed by atoms with van der Waals surface area (Å²) >= 11 is 0. The highest BCUT2D eigenvalue weighted by molar-refractivity contribution is 5.84. The second-order valence-electron chi connectivity index (χ2n) is 7.91. The molecule has 0 aromatic carbocycles. The van der Waals surface area contributed by atoms with Gasteiger partial charge in [-0.1, -0.05) is 53.9 Å². The third kappa shape index (κ3) is 3.19. The monoisotopic (exact) mass is 280 g/mol. The van der Waals surface area contributed by atoms with Gasteiger partial charge in [0.25, 0.3) is 0 Å². The molecule has 2 aliphatic rings. The smallest absolute Gasteiger partial charge is 0.241 e. The van der Waals surface area contributed by atoms with Crippen LogP contribution in [0.3, 0.4) is 0 Å². The van der Waals surface area contributed by atoms with Gasteiger partial charge in [-0.3, -0.25) is 10.1 Å². The molecule has 2 unspecified atom stereocenters. The minimum Gasteiger partial charge on any atom is -0.325 e. The zero-order chi connectivity index (χ0) is 14.9. The molecule has 1 amide bonds. The highest BCUT2D eigenvalue weighted by Crippen LogP contribution is 2.38. The van der Waals surface area contributed by atoms with Crippen molar-refractivity contribution in [3.05, 3.63) is 0 Å². The molecule has 0 bridgehead atoms. The van der Waals surface area contributed by atoms with Crippen LogP contribution >= 0.6 is 0 Å². The van der Waals surface area contributed by atoms with Crippen molar-refractivity contribution in [2.75, 3.05) is 6.54 Å². The summed E-state index contributed by atoms with van der Waals surface area (Å²) in [6.45, 7) is 12.0. The van der Waals surface area contributed by atoms with Crippen molar-refractivity contribution in [3.63, 3.8) is 0 Å². The minimum absolute atomic E-state index is 0.00888. The molecule has 1 saturated heterocycles. The number of nitrogens with zero attached hydrogens (tertiary/aromatic N) is 1. The largest absolute Gasteiger partial charge is 0.325 e. The van der Waals surface area contributed by atoms with E-state index in [9.17, 15) is 4.79 Å². The van der Waals surface area contributed by atoms with E-state index in [1.165, 1.54) is 32.1 Å². The zero-order valence-corrected chi connectivity index (χ0v) is 13.9. The van der Waals surface area contributed by atoms with Gasteiger partial charge in [-0.2, -0.15) is 0 Å². The van der Waals surface area contributed by atoms with Gasteiger partial charge in [0.05, 0.1) is 12.2 Å². The molecule has 0 radical (unpaired) electrons. The predicted molar refractivity (Wildman–Crippen MR) is 83.3 cm³/mol. The van der Waals surface area contributed by atoms with Gasteiger partial charge >= 0.3 is 0 Å². The average Bonchev–Trinajstić information content (AvgIpc) is 2.68. The molecular weight excluding hydrogens is 248 g/mol. The summed E-state index contributed by atoms with van der Waals surface area (Å²) in [7, 11) is 0. The van der Waals surface area contributed by atoms with E-state index in [4.69, 9.17) is 0 Å². The Bertz CT molecular complexity index is 345. The van der Waals surface area contributed by atoms with Gasteiger partial charge in [0.1, 0.15) is 0 Å². The zero-order valence-electron chi connectivity index (χ0n) is 13.9. The molecule has 3 nitrogen and oxygen atoms in total. The van der Waals surface area contributed by atoms with Crippen molar-refractivity contribution in [1.29, 1.82) is 0 Å². The van der Waals surface area contributed by atoms with Crippen LogP contribution in [-0.4, -0.2) is 29.6 Å². The normalized spacial score (nSPS) is 30.6. The third-order valence-electron chi connectivity index (χ3n) is 5.15. The van der Waals surface area contributed by atoms with E-state index in [0.29, 0.717) is 23.2 Å². The van der Waals surface area contributed by atoms with E-state index >= 15 is 0 Å². The number of carbonyl (C=O) groups is 1. The Morgan fingerprint density at radius 3 is 2.25 bits per heavy atom. The highest BCUT2D eigenvalue weighted by atomic mass is 16.2. The number of nitrogens with one attached hydrogen (secondary N) is 1. The summed E-state index contributed by atoms with van der Waals surface area (Å²) < 4.78 is 0. The lowest BCUT2D eigenvalue weighted by Gasteiger charge is -2.39. The molecular formula is C17H32N2O. The van der Waals surface area contributed by atoms with E-state index in [1.807, 2.05) is 0 Å². The minimum atomic E-state index is 0.00888. The molecule has 116 valence electrons. The molecule has 20 heavy (non-hydrogen) atoms. The Labute approximate surface area is 124 Å². The Morgan fingerprint density at radius 1 is 1.15 bits per heavy atom. The van der Waals surface area contributed by atoms with Crippen LogP contribution in [0, 0.1) is 17.3 Å². The van der Waals surface area contributed by atoms with E-state index in [2.05, 4.69) is 44.8 Å². The lowest BCUT2D eigenvalue weighted by molar-refractivity contribution is -0.133. The van der Waals surface area contributed by atoms with Crippen LogP contribution in [0.15, 0.2) is 0 Å². The van der Waals surface area contributed by atoms with Crippen LogP contribution in [0.5, 0.6) is 0 Å². The molecule has 1 N–H and O–H groups in total. The van der Waals surface area contributed by atoms with Crippen LogP contribution < -0.4 is 5.32 Å². The van der Waals surface area contributed by atoms with Crippen molar-refractivity contribution in [3.8, 4) is 0 Å². The summed E-state index contributed by atoms with van der Waals surface area (Å²) in [6, 6.07) is 0.00888. The van der Waals surface area contributed by atoms with E-state index in [1.54, 1.807) is 0 Å². The molecule has 0 aromatic rings. The highest BCUT2D eigenvalue weighted by Gasteiger charge is 2.44. The Balaban J connectivity index is 2.12. The summed E-state index contributed by atoms with van der Waals surface area (Å²) in [5.74, 6) is 1.16. The Kier molecular flexibility index (Phi) is 4.78. The number of amides is 1. The number of rotatable bonds is 4. The lowest BCUT2D eigenvalue weighted by atomic mass is 9.75. The fourth-order valence-electron chi connectivity index (χ4n) is 3.84. The fraction of sp³-hybridized carbons (Fsp3) is 0.941. The van der Waals surface area contributed by atoms with Crippen LogP contribution in [-0.2, 0) is 4.79 Å². The van der Waals surface area contributed by atoms with Gasteiger partial charge in [-0.25, -0.2) is 0 Å². The van der Waals surface area contributed by atoms with Crippen molar-refractivity contribution in [1.82, 2.24) is 10.2 Å². The van der Waals surface area contributed by atoms with E-state index < -0.39 is 0 Å². The van der Waals surface area contributed by atoms with E-state index in [0.717, 1.165) is 6.54 Å². The molecule has 1 aliphatic carbocycles. The Morgan fingerprint density at radius 2 is 1.75 bits per heavy atom. The molecule has 1 heterocycles. The number of carbonyl (C=O) groups excluding carboxylic acids is 1. The maximum absolute atomic E-state index is 12.7. The van der Waals surface area contributed by atoms with Crippen molar-refractivity contribution >= 4 is 5.91 Å². The average molecular weight is 280 g/mol. The topological polar surface area (TPSA) is 32.3 Å². The second-order valence-corrected chi connectivity index (χ2v) is 7.91. The van der Waals surface area contributed by atoms with Crippen LogP contribution in [0.1, 0.15) is 66.7 Å². The van der Waals surface area contributed by atoms with Crippen LogP contribution in [0.2, 0.25) is 0 Å². The lowest BCUT2D eigenvalue weighted by Crippen LogP contribution is -2.46. The Hall–Kier alpha value is -0.570. The number of hydrogen-bond donors (Lipinski definition) is 1. The summed E-state index contributed by atoms with van der Waals surface area (Å²) in [5, 5.41) is 3.57. The maximum atomic E-state index is 12.7. The van der Waals surface area contributed by atoms with Gasteiger partial charge in [0.2, 0.25) is 5.91 Å². The van der Waals surface area contributed by atoms with Gasteiger partial charge in [0, 0.05) is 6.54 Å².